The third kappa shape index (κ3) is 4.33. The maximum absolute atomic E-state index is 6.06. The molecule has 0 aliphatic carbocycles. The molecule has 4 heteroatoms. The van der Waals surface area contributed by atoms with Crippen molar-refractivity contribution in [1.82, 2.24) is 9.80 Å². The van der Waals surface area contributed by atoms with Gasteiger partial charge in [-0.25, -0.2) is 0 Å². The first-order chi connectivity index (χ1) is 12.1. The van der Waals surface area contributed by atoms with Gasteiger partial charge in [-0.05, 0) is 44.3 Å². The lowest BCUT2D eigenvalue weighted by Crippen LogP contribution is -2.53. The lowest BCUT2D eigenvalue weighted by molar-refractivity contribution is 0.0131. The maximum Gasteiger partial charge on any atom is 0.161 e. The van der Waals surface area contributed by atoms with Crippen LogP contribution in [0.15, 0.2) is 48.5 Å². The number of methoxy groups -OCH3 is 1. The van der Waals surface area contributed by atoms with E-state index in [0.717, 1.165) is 31.1 Å². The van der Waals surface area contributed by atoms with Gasteiger partial charge in [-0.1, -0.05) is 36.4 Å². The van der Waals surface area contributed by atoms with Crippen molar-refractivity contribution in [2.75, 3.05) is 34.3 Å². The highest BCUT2D eigenvalue weighted by molar-refractivity contribution is 5.39. The Morgan fingerprint density at radius 2 is 1.80 bits per heavy atom. The van der Waals surface area contributed by atoms with Crippen LogP contribution in [0.3, 0.4) is 0 Å². The smallest absolute Gasteiger partial charge is 0.161 e. The van der Waals surface area contributed by atoms with E-state index in [4.69, 9.17) is 9.47 Å². The van der Waals surface area contributed by atoms with Gasteiger partial charge in [0.2, 0.25) is 0 Å². The zero-order valence-corrected chi connectivity index (χ0v) is 15.6. The van der Waals surface area contributed by atoms with Gasteiger partial charge in [0.1, 0.15) is 6.10 Å². The van der Waals surface area contributed by atoms with Crippen molar-refractivity contribution in [2.24, 2.45) is 0 Å². The van der Waals surface area contributed by atoms with Gasteiger partial charge in [0, 0.05) is 25.7 Å². The first-order valence-electron chi connectivity index (χ1n) is 8.84. The fourth-order valence-electron chi connectivity index (χ4n) is 3.13. The molecule has 0 aromatic heterocycles. The van der Waals surface area contributed by atoms with Crippen molar-refractivity contribution >= 4 is 0 Å². The van der Waals surface area contributed by atoms with E-state index in [0.29, 0.717) is 6.04 Å². The molecule has 25 heavy (non-hydrogen) atoms. The van der Waals surface area contributed by atoms with Crippen LogP contribution in [0.2, 0.25) is 0 Å². The Morgan fingerprint density at radius 1 is 1.08 bits per heavy atom. The van der Waals surface area contributed by atoms with Gasteiger partial charge >= 0.3 is 0 Å². The summed E-state index contributed by atoms with van der Waals surface area (Å²) >= 11 is 0. The predicted octanol–water partition coefficient (Wildman–Crippen LogP) is 3.58. The van der Waals surface area contributed by atoms with E-state index in [-0.39, 0.29) is 6.10 Å². The minimum absolute atomic E-state index is 0.236. The van der Waals surface area contributed by atoms with Crippen molar-refractivity contribution in [3.63, 3.8) is 0 Å². The first kappa shape index (κ1) is 17.8. The molecule has 4 nitrogen and oxygen atoms in total. The number of likely N-dealkylation sites (tertiary alicyclic amines) is 1. The monoisotopic (exact) mass is 340 g/mol. The molecule has 0 bridgehead atoms. The van der Waals surface area contributed by atoms with Gasteiger partial charge < -0.3 is 14.4 Å². The third-order valence-electron chi connectivity index (χ3n) is 4.90. The van der Waals surface area contributed by atoms with Gasteiger partial charge in [-0.3, -0.25) is 4.90 Å². The van der Waals surface area contributed by atoms with Gasteiger partial charge in [-0.2, -0.15) is 0 Å². The summed E-state index contributed by atoms with van der Waals surface area (Å²) in [4.78, 5) is 4.65. The van der Waals surface area contributed by atoms with E-state index in [1.54, 1.807) is 7.11 Å². The number of benzene rings is 2. The van der Waals surface area contributed by atoms with Gasteiger partial charge in [0.15, 0.2) is 11.5 Å². The largest absolute Gasteiger partial charge is 0.493 e. The quantitative estimate of drug-likeness (QED) is 0.769. The summed E-state index contributed by atoms with van der Waals surface area (Å²) in [5, 5.41) is 0. The second kappa shape index (κ2) is 7.89. The molecule has 0 amide bonds. The number of ether oxygens (including phenoxy) is 2. The molecule has 1 fully saturated rings. The molecule has 0 radical (unpaired) electrons. The van der Waals surface area contributed by atoms with E-state index in [2.05, 4.69) is 55.1 Å². The zero-order chi connectivity index (χ0) is 17.8. The van der Waals surface area contributed by atoms with Crippen LogP contribution in [0, 0.1) is 0 Å². The number of nitrogens with zero attached hydrogens (tertiary/aromatic N) is 2. The first-order valence-corrected chi connectivity index (χ1v) is 8.84. The standard InChI is InChI=1S/C21H28N2O2/c1-16(22(2)3)18-9-7-8-17(12-18)13-23-14-19(15-23)25-21-11-6-5-10-20(21)24-4/h5-12,16,19H,13-15H2,1-4H3. The second-order valence-electron chi connectivity index (χ2n) is 6.97. The van der Waals surface area contributed by atoms with Crippen molar-refractivity contribution in [1.29, 1.82) is 0 Å². The molecular formula is C21H28N2O2. The van der Waals surface area contributed by atoms with Crippen LogP contribution in [0.5, 0.6) is 11.5 Å². The molecule has 2 aromatic carbocycles. The van der Waals surface area contributed by atoms with E-state index in [9.17, 15) is 0 Å². The van der Waals surface area contributed by atoms with Gasteiger partial charge in [0.25, 0.3) is 0 Å². The summed E-state index contributed by atoms with van der Waals surface area (Å²) in [6.07, 6.45) is 0.236. The minimum Gasteiger partial charge on any atom is -0.493 e. The number of hydrogen-bond acceptors (Lipinski definition) is 4. The van der Waals surface area contributed by atoms with Crippen LogP contribution in [0.25, 0.3) is 0 Å². The van der Waals surface area contributed by atoms with Gasteiger partial charge in [0.05, 0.1) is 7.11 Å². The molecular weight excluding hydrogens is 312 g/mol. The topological polar surface area (TPSA) is 24.9 Å². The average molecular weight is 340 g/mol. The van der Waals surface area contributed by atoms with Crippen LogP contribution in [-0.4, -0.2) is 50.2 Å². The SMILES string of the molecule is COc1ccccc1OC1CN(Cc2cccc(C(C)N(C)C)c2)C1. The van der Waals surface area contributed by atoms with E-state index < -0.39 is 0 Å². The lowest BCUT2D eigenvalue weighted by Gasteiger charge is -2.39. The van der Waals surface area contributed by atoms with Gasteiger partial charge in [-0.15, -0.1) is 0 Å². The summed E-state index contributed by atoms with van der Waals surface area (Å²) in [5.41, 5.74) is 2.73. The Bertz CT molecular complexity index is 696. The summed E-state index contributed by atoms with van der Waals surface area (Å²) in [5.74, 6) is 1.63. The van der Waals surface area contributed by atoms with Crippen LogP contribution in [0.1, 0.15) is 24.1 Å². The summed E-state index contributed by atoms with van der Waals surface area (Å²) < 4.78 is 11.4. The Morgan fingerprint density at radius 3 is 2.48 bits per heavy atom. The van der Waals surface area contributed by atoms with Crippen molar-refractivity contribution in [3.8, 4) is 11.5 Å². The molecule has 134 valence electrons. The fraction of sp³-hybridized carbons (Fsp3) is 0.429. The molecule has 1 saturated heterocycles. The Hall–Kier alpha value is -2.04. The molecule has 3 rings (SSSR count). The summed E-state index contributed by atoms with van der Waals surface area (Å²) in [6, 6.07) is 17.2. The predicted molar refractivity (Wildman–Crippen MR) is 101 cm³/mol. The Kier molecular flexibility index (Phi) is 5.61. The molecule has 0 spiro atoms. The molecule has 2 aromatic rings. The normalized spacial score (nSPS) is 16.5. The Labute approximate surface area is 151 Å². The molecule has 1 aliphatic rings. The maximum atomic E-state index is 6.06. The van der Waals surface area contributed by atoms with E-state index in [1.807, 2.05) is 24.3 Å². The lowest BCUT2D eigenvalue weighted by atomic mass is 10.0. The van der Waals surface area contributed by atoms with E-state index in [1.165, 1.54) is 11.1 Å². The zero-order valence-electron chi connectivity index (χ0n) is 15.6. The third-order valence-corrected chi connectivity index (χ3v) is 4.90. The van der Waals surface area contributed by atoms with Crippen molar-refractivity contribution in [3.05, 3.63) is 59.7 Å². The Balaban J connectivity index is 1.53. The minimum atomic E-state index is 0.236. The summed E-state index contributed by atoms with van der Waals surface area (Å²) in [7, 11) is 5.91. The molecule has 1 unspecified atom stereocenters. The van der Waals surface area contributed by atoms with E-state index >= 15 is 0 Å². The number of rotatable bonds is 7. The highest BCUT2D eigenvalue weighted by Crippen LogP contribution is 2.29. The highest BCUT2D eigenvalue weighted by atomic mass is 16.5. The summed E-state index contributed by atoms with van der Waals surface area (Å²) in [6.45, 7) is 5.11. The number of para-hydroxylation sites is 2. The fourth-order valence-corrected chi connectivity index (χ4v) is 3.13. The van der Waals surface area contributed by atoms with Crippen LogP contribution in [-0.2, 0) is 6.54 Å². The van der Waals surface area contributed by atoms with Crippen LogP contribution in [0.4, 0.5) is 0 Å². The molecule has 1 heterocycles. The molecule has 0 saturated carbocycles. The van der Waals surface area contributed by atoms with Crippen LogP contribution >= 0.6 is 0 Å². The van der Waals surface area contributed by atoms with Crippen molar-refractivity contribution < 1.29 is 9.47 Å². The van der Waals surface area contributed by atoms with Crippen LogP contribution < -0.4 is 9.47 Å². The number of hydrogen-bond donors (Lipinski definition) is 0. The molecule has 1 aliphatic heterocycles. The average Bonchev–Trinajstić information content (AvgIpc) is 2.59. The molecule has 0 N–H and O–H groups in total. The van der Waals surface area contributed by atoms with Crippen molar-refractivity contribution in [2.45, 2.75) is 25.6 Å². The second-order valence-corrected chi connectivity index (χ2v) is 6.97. The molecule has 1 atom stereocenters. The highest BCUT2D eigenvalue weighted by Gasteiger charge is 2.29.